The zero-order valence-electron chi connectivity index (χ0n) is 13.0. The van der Waals surface area contributed by atoms with Crippen LogP contribution >= 0.6 is 0 Å². The molecular formula is C20H13NO4. The van der Waals surface area contributed by atoms with Crippen LogP contribution < -0.4 is 0 Å². The zero-order valence-corrected chi connectivity index (χ0v) is 13.0. The summed E-state index contributed by atoms with van der Waals surface area (Å²) in [6.45, 7) is 0. The van der Waals surface area contributed by atoms with Crippen LogP contribution in [0.5, 0.6) is 0 Å². The van der Waals surface area contributed by atoms with E-state index in [0.29, 0.717) is 22.1 Å². The number of carboxylic acids is 1. The Hall–Kier alpha value is -3.47. The first-order chi connectivity index (χ1) is 12.1. The standard InChI is InChI=1S/C20H13NO4/c22-18-14-10-4-8-12-9-5-11-15(16(12)14)19(23)21(18)17(20(24)25)13-6-2-1-3-7-13/h1-11,17H,(H,24,25). The summed E-state index contributed by atoms with van der Waals surface area (Å²) in [5, 5.41) is 11.1. The molecule has 25 heavy (non-hydrogen) atoms. The molecule has 122 valence electrons. The van der Waals surface area contributed by atoms with Gasteiger partial charge in [-0.1, -0.05) is 54.6 Å². The predicted octanol–water partition coefficient (Wildman–Crippen LogP) is 3.26. The number of rotatable bonds is 3. The topological polar surface area (TPSA) is 74.7 Å². The van der Waals surface area contributed by atoms with Gasteiger partial charge < -0.3 is 5.11 Å². The van der Waals surface area contributed by atoms with Crippen molar-refractivity contribution in [3.63, 3.8) is 0 Å². The number of nitrogens with zero attached hydrogens (tertiary/aromatic N) is 1. The van der Waals surface area contributed by atoms with E-state index < -0.39 is 23.8 Å². The van der Waals surface area contributed by atoms with E-state index in [1.165, 1.54) is 0 Å². The van der Waals surface area contributed by atoms with Crippen LogP contribution in [-0.4, -0.2) is 27.8 Å². The first-order valence-electron chi connectivity index (χ1n) is 7.77. The quantitative estimate of drug-likeness (QED) is 0.748. The molecule has 1 N–H and O–H groups in total. The van der Waals surface area contributed by atoms with Gasteiger partial charge in [-0.05, 0) is 23.1 Å². The Kier molecular flexibility index (Phi) is 3.35. The van der Waals surface area contributed by atoms with Crippen molar-refractivity contribution in [2.24, 2.45) is 0 Å². The molecule has 4 rings (SSSR count). The number of imide groups is 1. The molecule has 0 saturated heterocycles. The van der Waals surface area contributed by atoms with Crippen LogP contribution in [0.15, 0.2) is 66.7 Å². The van der Waals surface area contributed by atoms with E-state index in [9.17, 15) is 19.5 Å². The summed E-state index contributed by atoms with van der Waals surface area (Å²) >= 11 is 0. The van der Waals surface area contributed by atoms with Gasteiger partial charge in [0, 0.05) is 16.5 Å². The van der Waals surface area contributed by atoms with Crippen LogP contribution in [-0.2, 0) is 4.79 Å². The van der Waals surface area contributed by atoms with Gasteiger partial charge in [-0.15, -0.1) is 0 Å². The van der Waals surface area contributed by atoms with E-state index in [2.05, 4.69) is 0 Å². The molecule has 2 amide bonds. The maximum Gasteiger partial charge on any atom is 0.331 e. The molecule has 1 aliphatic rings. The molecule has 0 fully saturated rings. The Morgan fingerprint density at radius 1 is 0.800 bits per heavy atom. The monoisotopic (exact) mass is 331 g/mol. The third-order valence-corrected chi connectivity index (χ3v) is 4.41. The highest BCUT2D eigenvalue weighted by Crippen LogP contribution is 2.34. The molecular weight excluding hydrogens is 318 g/mol. The van der Waals surface area contributed by atoms with Gasteiger partial charge in [-0.2, -0.15) is 0 Å². The van der Waals surface area contributed by atoms with Gasteiger partial charge in [0.2, 0.25) is 0 Å². The third kappa shape index (κ3) is 2.21. The normalized spacial score (nSPS) is 14.6. The number of benzene rings is 3. The van der Waals surface area contributed by atoms with Crippen LogP contribution in [0.2, 0.25) is 0 Å². The first-order valence-corrected chi connectivity index (χ1v) is 7.77. The largest absolute Gasteiger partial charge is 0.479 e. The molecule has 3 aromatic carbocycles. The van der Waals surface area contributed by atoms with Gasteiger partial charge >= 0.3 is 5.97 Å². The van der Waals surface area contributed by atoms with E-state index in [-0.39, 0.29) is 0 Å². The highest BCUT2D eigenvalue weighted by molar-refractivity contribution is 6.26. The lowest BCUT2D eigenvalue weighted by atomic mass is 9.92. The van der Waals surface area contributed by atoms with Crippen LogP contribution in [0.25, 0.3) is 10.8 Å². The summed E-state index contributed by atoms with van der Waals surface area (Å²) in [5.74, 6) is -2.43. The zero-order chi connectivity index (χ0) is 17.6. The number of hydrogen-bond acceptors (Lipinski definition) is 3. The molecule has 0 aliphatic carbocycles. The molecule has 1 atom stereocenters. The van der Waals surface area contributed by atoms with Gasteiger partial charge in [0.1, 0.15) is 0 Å². The fraction of sp³-hybridized carbons (Fsp3) is 0.0500. The van der Waals surface area contributed by atoms with Gasteiger partial charge in [-0.25, -0.2) is 4.79 Å². The summed E-state index contributed by atoms with van der Waals surface area (Å²) in [6, 6.07) is 17.3. The average molecular weight is 331 g/mol. The number of carboxylic acid groups (broad SMARTS) is 1. The summed E-state index contributed by atoms with van der Waals surface area (Å²) in [7, 11) is 0. The number of carbonyl (C=O) groups is 3. The highest BCUT2D eigenvalue weighted by atomic mass is 16.4. The van der Waals surface area contributed by atoms with Gasteiger partial charge in [0.15, 0.2) is 6.04 Å². The molecule has 0 bridgehead atoms. The Labute approximate surface area is 143 Å². The lowest BCUT2D eigenvalue weighted by molar-refractivity contribution is -0.141. The Bertz CT molecular complexity index is 976. The predicted molar refractivity (Wildman–Crippen MR) is 91.3 cm³/mol. The highest BCUT2D eigenvalue weighted by Gasteiger charge is 2.41. The van der Waals surface area contributed by atoms with Gasteiger partial charge in [0.05, 0.1) is 0 Å². The van der Waals surface area contributed by atoms with Crippen molar-refractivity contribution in [2.45, 2.75) is 6.04 Å². The Morgan fingerprint density at radius 2 is 1.36 bits per heavy atom. The van der Waals surface area contributed by atoms with E-state index in [1.807, 2.05) is 12.1 Å². The average Bonchev–Trinajstić information content (AvgIpc) is 2.63. The minimum atomic E-state index is -1.37. The van der Waals surface area contributed by atoms with E-state index in [4.69, 9.17) is 0 Å². The summed E-state index contributed by atoms with van der Waals surface area (Å²) in [6.07, 6.45) is 0. The number of hydrogen-bond donors (Lipinski definition) is 1. The fourth-order valence-electron chi connectivity index (χ4n) is 3.32. The molecule has 1 heterocycles. The number of amides is 2. The number of aliphatic carboxylic acids is 1. The van der Waals surface area contributed by atoms with E-state index >= 15 is 0 Å². The maximum absolute atomic E-state index is 13.0. The maximum atomic E-state index is 13.0. The molecule has 1 unspecified atom stereocenters. The fourth-order valence-corrected chi connectivity index (χ4v) is 3.32. The lowest BCUT2D eigenvalue weighted by Crippen LogP contribution is -2.45. The molecule has 0 saturated carbocycles. The number of carbonyl (C=O) groups excluding carboxylic acids is 2. The molecule has 0 aromatic heterocycles. The second-order valence-corrected chi connectivity index (χ2v) is 5.84. The molecule has 5 heteroatoms. The van der Waals surface area contributed by atoms with Crippen molar-refractivity contribution < 1.29 is 19.5 Å². The summed E-state index contributed by atoms with van der Waals surface area (Å²) < 4.78 is 0. The minimum absolute atomic E-state index is 0.342. The molecule has 0 radical (unpaired) electrons. The SMILES string of the molecule is O=C(O)C(c1ccccc1)N1C(=O)c2cccc3cccc(c23)C1=O. The summed E-state index contributed by atoms with van der Waals surface area (Å²) in [5.41, 5.74) is 1.06. The lowest BCUT2D eigenvalue weighted by Gasteiger charge is -2.31. The van der Waals surface area contributed by atoms with Crippen LogP contribution in [0.1, 0.15) is 32.3 Å². The Morgan fingerprint density at radius 3 is 1.88 bits per heavy atom. The van der Waals surface area contributed by atoms with Crippen molar-refractivity contribution in [3.8, 4) is 0 Å². The first kappa shape index (κ1) is 15.1. The molecule has 1 aliphatic heterocycles. The second kappa shape index (κ2) is 5.56. The van der Waals surface area contributed by atoms with Gasteiger partial charge in [-0.3, -0.25) is 14.5 Å². The van der Waals surface area contributed by atoms with E-state index in [0.717, 1.165) is 10.3 Å². The summed E-state index contributed by atoms with van der Waals surface area (Å²) in [4.78, 5) is 38.7. The van der Waals surface area contributed by atoms with Crippen molar-refractivity contribution in [1.29, 1.82) is 0 Å². The van der Waals surface area contributed by atoms with Crippen LogP contribution in [0.3, 0.4) is 0 Å². The molecule has 3 aromatic rings. The van der Waals surface area contributed by atoms with Crippen molar-refractivity contribution in [2.75, 3.05) is 0 Å². The minimum Gasteiger partial charge on any atom is -0.479 e. The molecule has 0 spiro atoms. The smallest absolute Gasteiger partial charge is 0.331 e. The van der Waals surface area contributed by atoms with Gasteiger partial charge in [0.25, 0.3) is 11.8 Å². The van der Waals surface area contributed by atoms with E-state index in [1.54, 1.807) is 54.6 Å². The van der Waals surface area contributed by atoms with Crippen LogP contribution in [0, 0.1) is 0 Å². The van der Waals surface area contributed by atoms with Crippen molar-refractivity contribution >= 4 is 28.6 Å². The van der Waals surface area contributed by atoms with Crippen LogP contribution in [0.4, 0.5) is 0 Å². The third-order valence-electron chi connectivity index (χ3n) is 4.41. The molecule has 5 nitrogen and oxygen atoms in total. The van der Waals surface area contributed by atoms with Crippen molar-refractivity contribution in [1.82, 2.24) is 4.90 Å². The van der Waals surface area contributed by atoms with Crippen molar-refractivity contribution in [3.05, 3.63) is 83.4 Å². The second-order valence-electron chi connectivity index (χ2n) is 5.84. The Balaban J connectivity index is 1.94.